The minimum atomic E-state index is -0.167. The number of amides is 1. The van der Waals surface area contributed by atoms with E-state index in [9.17, 15) is 4.79 Å². The molecule has 0 spiro atoms. The molecule has 2 N–H and O–H groups in total. The first kappa shape index (κ1) is 17.2. The summed E-state index contributed by atoms with van der Waals surface area (Å²) < 4.78 is 5.57. The van der Waals surface area contributed by atoms with Gasteiger partial charge in [0.15, 0.2) is 0 Å². The maximum Gasteiger partial charge on any atom is 0.410 e. The normalized spacial score (nSPS) is 21.5. The molecule has 1 aromatic carbocycles. The fraction of sp³-hybridized carbons (Fsp3) is 0.632. The molecule has 1 atom stereocenters. The van der Waals surface area contributed by atoms with Gasteiger partial charge in [0, 0.05) is 31.7 Å². The monoisotopic (exact) mass is 331 g/mol. The number of hydrogen-bond donors (Lipinski definition) is 1. The van der Waals surface area contributed by atoms with Gasteiger partial charge in [-0.25, -0.2) is 4.79 Å². The zero-order valence-electron chi connectivity index (χ0n) is 14.4. The number of likely N-dealkylation sites (tertiary alicyclic amines) is 1. The molecule has 24 heavy (non-hydrogen) atoms. The lowest BCUT2D eigenvalue weighted by atomic mass is 10.0. The first-order valence-corrected chi connectivity index (χ1v) is 9.19. The molecule has 0 radical (unpaired) electrons. The van der Waals surface area contributed by atoms with Crippen LogP contribution in [0, 0.1) is 0 Å². The van der Waals surface area contributed by atoms with Gasteiger partial charge >= 0.3 is 6.09 Å². The smallest absolute Gasteiger partial charge is 0.410 e. The van der Waals surface area contributed by atoms with Crippen molar-refractivity contribution in [1.82, 2.24) is 9.80 Å². The zero-order valence-corrected chi connectivity index (χ0v) is 14.4. The average molecular weight is 331 g/mol. The Bertz CT molecular complexity index is 517. The lowest BCUT2D eigenvalue weighted by molar-refractivity contribution is 0.0670. The van der Waals surface area contributed by atoms with Crippen LogP contribution in [0.2, 0.25) is 0 Å². The first-order valence-electron chi connectivity index (χ1n) is 9.19. The van der Waals surface area contributed by atoms with E-state index < -0.39 is 0 Å². The predicted octanol–water partition coefficient (Wildman–Crippen LogP) is 2.60. The van der Waals surface area contributed by atoms with Crippen molar-refractivity contribution in [2.24, 2.45) is 5.73 Å². The molecule has 0 aromatic heterocycles. The Kier molecular flexibility index (Phi) is 6.10. The van der Waals surface area contributed by atoms with Crippen molar-refractivity contribution >= 4 is 6.09 Å². The molecule has 3 rings (SSSR count). The fourth-order valence-electron chi connectivity index (χ4n) is 3.52. The average Bonchev–Trinajstić information content (AvgIpc) is 3.45. The van der Waals surface area contributed by atoms with E-state index in [1.54, 1.807) is 0 Å². The minimum absolute atomic E-state index is 0.167. The SMILES string of the molecule is NCCN1CCCC[C@H]1CN(C(=O)OCc1ccccc1)C1CC1. The summed E-state index contributed by atoms with van der Waals surface area (Å²) in [5.41, 5.74) is 6.78. The van der Waals surface area contributed by atoms with E-state index in [-0.39, 0.29) is 6.09 Å². The molecule has 1 aliphatic carbocycles. The largest absolute Gasteiger partial charge is 0.445 e. The predicted molar refractivity (Wildman–Crippen MR) is 94.6 cm³/mol. The molecule has 2 fully saturated rings. The van der Waals surface area contributed by atoms with E-state index in [2.05, 4.69) is 4.90 Å². The summed E-state index contributed by atoms with van der Waals surface area (Å²) in [6.45, 7) is 3.82. The molecule has 1 heterocycles. The molecular weight excluding hydrogens is 302 g/mol. The van der Waals surface area contributed by atoms with Crippen LogP contribution in [-0.4, -0.2) is 54.2 Å². The van der Waals surface area contributed by atoms with Crippen molar-refractivity contribution in [2.75, 3.05) is 26.2 Å². The molecule has 1 aromatic rings. The number of rotatable bonds is 7. The Morgan fingerprint density at radius 1 is 1.21 bits per heavy atom. The van der Waals surface area contributed by atoms with Crippen LogP contribution in [-0.2, 0) is 11.3 Å². The van der Waals surface area contributed by atoms with Crippen LogP contribution in [0.25, 0.3) is 0 Å². The number of carbonyl (C=O) groups is 1. The minimum Gasteiger partial charge on any atom is -0.445 e. The summed E-state index contributed by atoms with van der Waals surface area (Å²) in [7, 11) is 0. The van der Waals surface area contributed by atoms with Crippen molar-refractivity contribution in [3.05, 3.63) is 35.9 Å². The molecule has 1 amide bonds. The number of hydrogen-bond acceptors (Lipinski definition) is 4. The van der Waals surface area contributed by atoms with Crippen LogP contribution >= 0.6 is 0 Å². The molecule has 5 nitrogen and oxygen atoms in total. The molecule has 1 aliphatic heterocycles. The standard InChI is InChI=1S/C19H29N3O2/c20-11-13-21-12-5-4-8-18(21)14-22(17-9-10-17)19(23)24-15-16-6-2-1-3-7-16/h1-3,6-7,17-18H,4-5,8-15,20H2/t18-/m0/s1. The number of nitrogens with two attached hydrogens (primary N) is 1. The van der Waals surface area contributed by atoms with Crippen LogP contribution in [0.15, 0.2) is 30.3 Å². The lowest BCUT2D eigenvalue weighted by Crippen LogP contribution is -2.50. The van der Waals surface area contributed by atoms with Gasteiger partial charge in [-0.1, -0.05) is 36.8 Å². The summed E-state index contributed by atoms with van der Waals surface area (Å²) in [4.78, 5) is 17.0. The third-order valence-electron chi connectivity index (χ3n) is 5.00. The van der Waals surface area contributed by atoms with Crippen molar-refractivity contribution in [1.29, 1.82) is 0 Å². The number of ether oxygens (including phenoxy) is 1. The number of benzene rings is 1. The van der Waals surface area contributed by atoms with Crippen LogP contribution < -0.4 is 5.73 Å². The van der Waals surface area contributed by atoms with Crippen molar-refractivity contribution < 1.29 is 9.53 Å². The topological polar surface area (TPSA) is 58.8 Å². The Balaban J connectivity index is 1.56. The summed E-state index contributed by atoms with van der Waals surface area (Å²) in [6, 6.07) is 10.7. The van der Waals surface area contributed by atoms with Gasteiger partial charge < -0.3 is 15.4 Å². The Morgan fingerprint density at radius 3 is 2.71 bits per heavy atom. The molecule has 5 heteroatoms. The maximum absolute atomic E-state index is 12.6. The molecule has 132 valence electrons. The van der Waals surface area contributed by atoms with E-state index in [0.29, 0.717) is 25.2 Å². The Labute approximate surface area is 144 Å². The van der Waals surface area contributed by atoms with Gasteiger partial charge in [0.1, 0.15) is 6.61 Å². The highest BCUT2D eigenvalue weighted by Gasteiger charge is 2.36. The highest BCUT2D eigenvalue weighted by molar-refractivity contribution is 5.68. The lowest BCUT2D eigenvalue weighted by Gasteiger charge is -2.38. The second-order valence-corrected chi connectivity index (χ2v) is 6.90. The van der Waals surface area contributed by atoms with Crippen LogP contribution in [0.1, 0.15) is 37.7 Å². The number of piperidine rings is 1. The van der Waals surface area contributed by atoms with Crippen molar-refractivity contribution in [3.63, 3.8) is 0 Å². The molecule has 0 unspecified atom stereocenters. The second kappa shape index (κ2) is 8.49. The van der Waals surface area contributed by atoms with Gasteiger partial charge in [-0.2, -0.15) is 0 Å². The number of carbonyl (C=O) groups excluding carboxylic acids is 1. The van der Waals surface area contributed by atoms with E-state index in [4.69, 9.17) is 10.5 Å². The van der Waals surface area contributed by atoms with Gasteiger partial charge in [-0.05, 0) is 37.8 Å². The van der Waals surface area contributed by atoms with E-state index in [0.717, 1.165) is 44.5 Å². The summed E-state index contributed by atoms with van der Waals surface area (Å²) in [5.74, 6) is 0. The van der Waals surface area contributed by atoms with Crippen LogP contribution in [0.3, 0.4) is 0 Å². The van der Waals surface area contributed by atoms with E-state index in [1.165, 1.54) is 12.8 Å². The molecule has 1 saturated carbocycles. The van der Waals surface area contributed by atoms with Gasteiger partial charge in [0.25, 0.3) is 0 Å². The number of nitrogens with zero attached hydrogens (tertiary/aromatic N) is 2. The van der Waals surface area contributed by atoms with Crippen molar-refractivity contribution in [3.8, 4) is 0 Å². The zero-order chi connectivity index (χ0) is 16.8. The Morgan fingerprint density at radius 2 is 2.00 bits per heavy atom. The highest BCUT2D eigenvalue weighted by Crippen LogP contribution is 2.29. The molecular formula is C19H29N3O2. The first-order chi connectivity index (χ1) is 11.8. The van der Waals surface area contributed by atoms with E-state index >= 15 is 0 Å². The van der Waals surface area contributed by atoms with Gasteiger partial charge in [-0.3, -0.25) is 4.90 Å². The molecule has 1 saturated heterocycles. The van der Waals surface area contributed by atoms with Crippen LogP contribution in [0.5, 0.6) is 0 Å². The maximum atomic E-state index is 12.6. The molecule has 0 bridgehead atoms. The van der Waals surface area contributed by atoms with E-state index in [1.807, 2.05) is 35.2 Å². The van der Waals surface area contributed by atoms with Crippen molar-refractivity contribution in [2.45, 2.75) is 50.8 Å². The third kappa shape index (κ3) is 4.71. The fourth-order valence-corrected chi connectivity index (χ4v) is 3.52. The molecule has 2 aliphatic rings. The quantitative estimate of drug-likeness (QED) is 0.834. The Hall–Kier alpha value is -1.59. The summed E-state index contributed by atoms with van der Waals surface area (Å²) >= 11 is 0. The van der Waals surface area contributed by atoms with Crippen LogP contribution in [0.4, 0.5) is 4.79 Å². The highest BCUT2D eigenvalue weighted by atomic mass is 16.6. The third-order valence-corrected chi connectivity index (χ3v) is 5.00. The summed E-state index contributed by atoms with van der Waals surface area (Å²) in [6.07, 6.45) is 5.66. The summed E-state index contributed by atoms with van der Waals surface area (Å²) in [5, 5.41) is 0. The second-order valence-electron chi connectivity index (χ2n) is 6.90. The van der Waals surface area contributed by atoms with Gasteiger partial charge in [0.05, 0.1) is 0 Å². The van der Waals surface area contributed by atoms with Gasteiger partial charge in [-0.15, -0.1) is 0 Å². The van der Waals surface area contributed by atoms with Gasteiger partial charge in [0.2, 0.25) is 0 Å².